The van der Waals surface area contributed by atoms with Crippen molar-refractivity contribution in [1.29, 1.82) is 0 Å². The molecule has 2 heterocycles. The molecule has 3 aromatic carbocycles. The van der Waals surface area contributed by atoms with E-state index in [9.17, 15) is 0 Å². The topological polar surface area (TPSA) is 24.9 Å². The van der Waals surface area contributed by atoms with Gasteiger partial charge in [0.05, 0.1) is 22.7 Å². The van der Waals surface area contributed by atoms with E-state index >= 15 is 0 Å². The molecule has 3 aromatic rings. The second kappa shape index (κ2) is 5.67. The Kier molecular flexibility index (Phi) is 3.12. The zero-order valence-corrected chi connectivity index (χ0v) is 15.2. The molecular formula is C24H18N2O2. The van der Waals surface area contributed by atoms with Crippen LogP contribution in [-0.2, 0) is 9.47 Å². The highest BCUT2D eigenvalue weighted by Gasteiger charge is 2.61. The minimum atomic E-state index is -1.13. The van der Waals surface area contributed by atoms with E-state index in [1.54, 1.807) is 0 Å². The van der Waals surface area contributed by atoms with E-state index in [1.165, 1.54) is 0 Å². The summed E-state index contributed by atoms with van der Waals surface area (Å²) in [5.41, 5.74) is 4.10. The van der Waals surface area contributed by atoms with Crippen LogP contribution >= 0.6 is 0 Å². The van der Waals surface area contributed by atoms with Crippen LogP contribution in [0.15, 0.2) is 109 Å². The second-order valence-electron chi connectivity index (χ2n) is 6.96. The van der Waals surface area contributed by atoms with Gasteiger partial charge in [0.1, 0.15) is 0 Å². The van der Waals surface area contributed by atoms with Crippen LogP contribution < -0.4 is 9.80 Å². The first-order valence-electron chi connectivity index (χ1n) is 9.45. The van der Waals surface area contributed by atoms with Gasteiger partial charge >= 0.3 is 6.03 Å². The van der Waals surface area contributed by atoms with E-state index < -0.39 is 6.03 Å². The Morgan fingerprint density at radius 3 is 1.46 bits per heavy atom. The molecule has 0 unspecified atom stereocenters. The van der Waals surface area contributed by atoms with Gasteiger partial charge in [0, 0.05) is 0 Å². The van der Waals surface area contributed by atoms with Crippen molar-refractivity contribution in [2.75, 3.05) is 9.80 Å². The molecule has 0 radical (unpaired) electrons. The number of hydrogen-bond donors (Lipinski definition) is 0. The number of fused-ring (bicyclic) bond motifs is 2. The smallest absolute Gasteiger partial charge is 0.414 e. The summed E-state index contributed by atoms with van der Waals surface area (Å²) in [6.07, 6.45) is 4.98. The molecule has 2 aliphatic heterocycles. The zero-order valence-electron chi connectivity index (χ0n) is 15.2. The zero-order chi connectivity index (χ0) is 18.6. The Hall–Kier alpha value is -3.66. The van der Waals surface area contributed by atoms with Crippen molar-refractivity contribution in [2.24, 2.45) is 0 Å². The Morgan fingerprint density at radius 2 is 1.00 bits per heavy atom. The fraction of sp³-hybridized carbons (Fsp3) is 0.0833. The maximum atomic E-state index is 6.57. The number of hydrogen-bond acceptors (Lipinski definition) is 4. The molecule has 0 bridgehead atoms. The maximum Gasteiger partial charge on any atom is 0.444 e. The van der Waals surface area contributed by atoms with E-state index in [0.717, 1.165) is 40.7 Å². The molecule has 0 aromatic heterocycles. The fourth-order valence-electron chi connectivity index (χ4n) is 4.15. The lowest BCUT2D eigenvalue weighted by atomic mass is 10.2. The van der Waals surface area contributed by atoms with Gasteiger partial charge in [0.25, 0.3) is 0 Å². The fourth-order valence-corrected chi connectivity index (χ4v) is 4.15. The van der Waals surface area contributed by atoms with Gasteiger partial charge in [-0.25, -0.2) is 9.80 Å². The van der Waals surface area contributed by atoms with Crippen LogP contribution in [0.5, 0.6) is 0 Å². The van der Waals surface area contributed by atoms with Crippen molar-refractivity contribution in [3.05, 3.63) is 109 Å². The number of ether oxygens (including phenoxy) is 2. The number of rotatable bonds is 2. The highest BCUT2D eigenvalue weighted by Crippen LogP contribution is 2.57. The standard InChI is InChI=1S/C24H18N2O2/c1-3-10-18(11-4-1)25-20-14-7-8-15-21(20)26(19-12-5-2-6-13-19)24(25)27-22-16-9-17-23(22)28-24/h1-8,10-17H,9H2. The monoisotopic (exact) mass is 366 g/mol. The number of para-hydroxylation sites is 4. The molecule has 1 saturated heterocycles. The van der Waals surface area contributed by atoms with E-state index in [4.69, 9.17) is 9.47 Å². The molecule has 4 nitrogen and oxygen atoms in total. The van der Waals surface area contributed by atoms with Crippen LogP contribution in [0.2, 0.25) is 0 Å². The quantitative estimate of drug-likeness (QED) is 0.572. The number of allylic oxidation sites excluding steroid dienone is 2. The summed E-state index contributed by atoms with van der Waals surface area (Å²) in [6, 6.07) is 27.7. The lowest BCUT2D eigenvalue weighted by Gasteiger charge is -2.38. The molecule has 4 heteroatoms. The summed E-state index contributed by atoms with van der Waals surface area (Å²) in [4.78, 5) is 4.27. The summed E-state index contributed by atoms with van der Waals surface area (Å²) in [7, 11) is 0. The number of benzene rings is 3. The van der Waals surface area contributed by atoms with Crippen molar-refractivity contribution < 1.29 is 9.47 Å². The molecule has 6 rings (SSSR count). The van der Waals surface area contributed by atoms with Gasteiger partial charge in [-0.1, -0.05) is 48.5 Å². The summed E-state index contributed by atoms with van der Waals surface area (Å²) in [5.74, 6) is 1.60. The lowest BCUT2D eigenvalue weighted by molar-refractivity contribution is -0.118. The molecular weight excluding hydrogens is 348 g/mol. The summed E-state index contributed by atoms with van der Waals surface area (Å²) < 4.78 is 13.1. The van der Waals surface area contributed by atoms with E-state index in [2.05, 4.69) is 58.4 Å². The van der Waals surface area contributed by atoms with Gasteiger partial charge < -0.3 is 9.47 Å². The Bertz CT molecular complexity index is 1020. The summed E-state index contributed by atoms with van der Waals surface area (Å²) in [6.45, 7) is 0. The van der Waals surface area contributed by atoms with Crippen molar-refractivity contribution in [2.45, 2.75) is 12.5 Å². The van der Waals surface area contributed by atoms with Crippen LogP contribution in [-0.4, -0.2) is 6.03 Å². The average molecular weight is 366 g/mol. The van der Waals surface area contributed by atoms with Gasteiger partial charge in [-0.3, -0.25) is 0 Å². The number of anilines is 4. The molecule has 0 N–H and O–H groups in total. The van der Waals surface area contributed by atoms with E-state index in [1.807, 2.05) is 48.5 Å². The van der Waals surface area contributed by atoms with Gasteiger partial charge in [-0.2, -0.15) is 0 Å². The molecule has 0 saturated carbocycles. The first-order chi connectivity index (χ1) is 13.9. The van der Waals surface area contributed by atoms with Crippen LogP contribution in [0.1, 0.15) is 6.42 Å². The molecule has 1 spiro atoms. The molecule has 0 amide bonds. The normalized spacial score (nSPS) is 18.3. The highest BCUT2D eigenvalue weighted by atomic mass is 16.8. The predicted octanol–water partition coefficient (Wildman–Crippen LogP) is 5.81. The van der Waals surface area contributed by atoms with Gasteiger partial charge in [-0.15, -0.1) is 0 Å². The second-order valence-corrected chi connectivity index (χ2v) is 6.96. The first-order valence-corrected chi connectivity index (χ1v) is 9.45. The van der Waals surface area contributed by atoms with Gasteiger partial charge in [0.2, 0.25) is 0 Å². The van der Waals surface area contributed by atoms with Crippen molar-refractivity contribution >= 4 is 22.7 Å². The highest BCUT2D eigenvalue weighted by molar-refractivity contribution is 5.89. The Balaban J connectivity index is 1.63. The van der Waals surface area contributed by atoms with Gasteiger partial charge in [0.15, 0.2) is 11.5 Å². The Morgan fingerprint density at radius 1 is 0.571 bits per heavy atom. The van der Waals surface area contributed by atoms with Crippen LogP contribution in [0.3, 0.4) is 0 Å². The largest absolute Gasteiger partial charge is 0.444 e. The summed E-state index contributed by atoms with van der Waals surface area (Å²) >= 11 is 0. The third kappa shape index (κ3) is 2.00. The third-order valence-corrected chi connectivity index (χ3v) is 5.29. The van der Waals surface area contributed by atoms with Crippen molar-refractivity contribution in [3.8, 4) is 0 Å². The van der Waals surface area contributed by atoms with Crippen LogP contribution in [0.25, 0.3) is 0 Å². The van der Waals surface area contributed by atoms with E-state index in [0.29, 0.717) is 0 Å². The molecule has 0 atom stereocenters. The SMILES string of the molecule is C1=C2OC3(OC2=CC1)N(c1ccccc1)c1ccccc1N3c1ccccc1. The predicted molar refractivity (Wildman–Crippen MR) is 109 cm³/mol. The minimum Gasteiger partial charge on any atom is -0.414 e. The average Bonchev–Trinajstić information content (AvgIpc) is 3.39. The molecule has 1 aliphatic carbocycles. The molecule has 28 heavy (non-hydrogen) atoms. The van der Waals surface area contributed by atoms with Crippen molar-refractivity contribution in [1.82, 2.24) is 0 Å². The maximum absolute atomic E-state index is 6.57. The number of nitrogens with zero attached hydrogens (tertiary/aromatic N) is 2. The third-order valence-electron chi connectivity index (χ3n) is 5.29. The van der Waals surface area contributed by atoms with Crippen LogP contribution in [0, 0.1) is 0 Å². The van der Waals surface area contributed by atoms with Crippen LogP contribution in [0.4, 0.5) is 22.7 Å². The lowest BCUT2D eigenvalue weighted by Crippen LogP contribution is -2.54. The van der Waals surface area contributed by atoms with Gasteiger partial charge in [-0.05, 0) is 55.0 Å². The first kappa shape index (κ1) is 15.4. The Labute approximate surface area is 163 Å². The summed E-state index contributed by atoms with van der Waals surface area (Å²) in [5, 5.41) is 0. The van der Waals surface area contributed by atoms with E-state index in [-0.39, 0.29) is 0 Å². The molecule has 1 fully saturated rings. The minimum absolute atomic E-state index is 0.801. The molecule has 3 aliphatic rings. The molecule has 136 valence electrons. The van der Waals surface area contributed by atoms with Crippen molar-refractivity contribution in [3.63, 3.8) is 0 Å².